The van der Waals surface area contributed by atoms with Gasteiger partial charge in [0, 0.05) is 18.0 Å². The molecule has 9 heteroatoms. The quantitative estimate of drug-likeness (QED) is 0.486. The normalized spacial score (nSPS) is 28.2. The molecule has 2 fully saturated rings. The van der Waals surface area contributed by atoms with E-state index in [1.54, 1.807) is 0 Å². The molecule has 2 aliphatic heterocycles. The van der Waals surface area contributed by atoms with Crippen LogP contribution in [0.15, 0.2) is 42.5 Å². The van der Waals surface area contributed by atoms with Crippen molar-refractivity contribution in [2.24, 2.45) is 5.92 Å². The van der Waals surface area contributed by atoms with Crippen LogP contribution in [0.25, 0.3) is 0 Å². The van der Waals surface area contributed by atoms with Crippen LogP contribution in [-0.2, 0) is 19.1 Å². The second-order valence-corrected chi connectivity index (χ2v) is 12.4. The van der Waals surface area contributed by atoms with Crippen molar-refractivity contribution in [3.05, 3.63) is 48.0 Å². The molecule has 0 aromatic heterocycles. The molecule has 1 saturated carbocycles. The number of nitrogens with one attached hydrogen (secondary N) is 3. The van der Waals surface area contributed by atoms with Crippen molar-refractivity contribution in [3.8, 4) is 0 Å². The number of fused-ring (bicyclic) bond motifs is 2. The lowest BCUT2D eigenvalue weighted by Crippen LogP contribution is -2.57. The summed E-state index contributed by atoms with van der Waals surface area (Å²) < 4.78 is 5.63. The van der Waals surface area contributed by atoms with Crippen LogP contribution in [0.2, 0.25) is 0 Å². The zero-order valence-electron chi connectivity index (χ0n) is 24.2. The summed E-state index contributed by atoms with van der Waals surface area (Å²) in [5, 5.41) is 8.91. The molecule has 218 valence electrons. The van der Waals surface area contributed by atoms with Gasteiger partial charge in [0.05, 0.1) is 6.04 Å². The van der Waals surface area contributed by atoms with Crippen LogP contribution in [0.3, 0.4) is 0 Å². The summed E-state index contributed by atoms with van der Waals surface area (Å²) >= 11 is 0. The Labute approximate surface area is 237 Å². The van der Waals surface area contributed by atoms with Crippen LogP contribution in [-0.4, -0.2) is 58.5 Å². The van der Waals surface area contributed by atoms with Crippen LogP contribution in [0.4, 0.5) is 4.79 Å². The van der Waals surface area contributed by atoms with Gasteiger partial charge in [-0.15, -0.1) is 0 Å². The van der Waals surface area contributed by atoms with Gasteiger partial charge in [-0.3, -0.25) is 14.4 Å². The minimum Gasteiger partial charge on any atom is -0.436 e. The molecule has 1 aliphatic carbocycles. The van der Waals surface area contributed by atoms with Gasteiger partial charge in [0.2, 0.25) is 11.8 Å². The predicted octanol–water partition coefficient (Wildman–Crippen LogP) is 4.14. The Morgan fingerprint density at radius 3 is 2.55 bits per heavy atom. The predicted molar refractivity (Wildman–Crippen MR) is 152 cm³/mol. The first-order chi connectivity index (χ1) is 19.0. The average Bonchev–Trinajstić information content (AvgIpc) is 3.36. The first kappa shape index (κ1) is 29.6. The van der Waals surface area contributed by atoms with Gasteiger partial charge < -0.3 is 25.6 Å². The fourth-order valence-electron chi connectivity index (χ4n) is 5.65. The van der Waals surface area contributed by atoms with Crippen LogP contribution >= 0.6 is 0 Å². The maximum absolute atomic E-state index is 13.7. The summed E-state index contributed by atoms with van der Waals surface area (Å²) in [7, 11) is 0. The highest BCUT2D eigenvalue weighted by atomic mass is 16.6. The van der Waals surface area contributed by atoms with Crippen molar-refractivity contribution < 1.29 is 23.9 Å². The number of allylic oxidation sites excluding steroid dienone is 1. The van der Waals surface area contributed by atoms with E-state index in [1.807, 2.05) is 64.1 Å². The molecule has 1 aromatic rings. The average molecular weight is 553 g/mol. The Kier molecular flexibility index (Phi) is 9.21. The molecule has 0 bridgehead atoms. The number of rotatable bonds is 4. The van der Waals surface area contributed by atoms with E-state index in [4.69, 9.17) is 4.74 Å². The van der Waals surface area contributed by atoms with E-state index in [-0.39, 0.29) is 29.7 Å². The first-order valence-corrected chi connectivity index (χ1v) is 14.6. The number of ether oxygens (including phenoxy) is 1. The Bertz CT molecular complexity index is 1110. The van der Waals surface area contributed by atoms with Gasteiger partial charge >= 0.3 is 6.09 Å². The fraction of sp³-hybridized carbons (Fsp3) is 0.613. The number of hydrogen-bond acceptors (Lipinski definition) is 5. The molecular weight excluding hydrogens is 508 g/mol. The molecule has 3 aliphatic rings. The number of carbonyl (C=O) groups is 4. The largest absolute Gasteiger partial charge is 0.436 e. The van der Waals surface area contributed by atoms with Crippen LogP contribution < -0.4 is 16.0 Å². The fourth-order valence-corrected chi connectivity index (χ4v) is 5.65. The van der Waals surface area contributed by atoms with Gasteiger partial charge in [0.15, 0.2) is 6.10 Å². The minimum absolute atomic E-state index is 0.104. The third kappa shape index (κ3) is 7.23. The maximum atomic E-state index is 13.7. The lowest BCUT2D eigenvalue weighted by atomic mass is 10.1. The van der Waals surface area contributed by atoms with Crippen LogP contribution in [0.1, 0.15) is 90.7 Å². The molecule has 1 aromatic carbocycles. The lowest BCUT2D eigenvalue weighted by Gasteiger charge is -2.30. The number of alkyl carbamates (subject to hydrolysis) is 1. The van der Waals surface area contributed by atoms with E-state index in [2.05, 4.69) is 22.0 Å². The van der Waals surface area contributed by atoms with Crippen molar-refractivity contribution in [2.45, 2.75) is 108 Å². The second-order valence-electron chi connectivity index (χ2n) is 12.4. The van der Waals surface area contributed by atoms with Gasteiger partial charge in [-0.25, -0.2) is 4.79 Å². The summed E-state index contributed by atoms with van der Waals surface area (Å²) in [5.74, 6) is -1.00. The zero-order chi connectivity index (χ0) is 28.9. The summed E-state index contributed by atoms with van der Waals surface area (Å²) in [6, 6.07) is 8.79. The van der Waals surface area contributed by atoms with Crippen molar-refractivity contribution >= 4 is 23.8 Å². The molecule has 2 heterocycles. The van der Waals surface area contributed by atoms with Gasteiger partial charge in [-0.05, 0) is 78.2 Å². The highest BCUT2D eigenvalue weighted by Gasteiger charge is 2.60. The number of nitrogens with zero attached hydrogens (tertiary/aromatic N) is 1. The number of carbonyl (C=O) groups excluding carboxylic acids is 4. The summed E-state index contributed by atoms with van der Waals surface area (Å²) in [6.07, 6.45) is 7.97. The monoisotopic (exact) mass is 552 g/mol. The van der Waals surface area contributed by atoms with E-state index < -0.39 is 29.3 Å². The Morgan fingerprint density at radius 2 is 1.82 bits per heavy atom. The van der Waals surface area contributed by atoms with Gasteiger partial charge in [0.25, 0.3) is 5.91 Å². The van der Waals surface area contributed by atoms with E-state index in [0.717, 1.165) is 31.2 Å². The molecule has 0 spiro atoms. The zero-order valence-corrected chi connectivity index (χ0v) is 24.2. The number of benzene rings is 1. The third-order valence-electron chi connectivity index (χ3n) is 7.96. The van der Waals surface area contributed by atoms with Crippen molar-refractivity contribution in [1.29, 1.82) is 0 Å². The van der Waals surface area contributed by atoms with E-state index in [9.17, 15) is 19.2 Å². The molecule has 3 N–H and O–H groups in total. The molecular formula is C31H44N4O5. The topological polar surface area (TPSA) is 117 Å². The van der Waals surface area contributed by atoms with Gasteiger partial charge in [0.1, 0.15) is 11.6 Å². The second kappa shape index (κ2) is 12.4. The van der Waals surface area contributed by atoms with Crippen molar-refractivity contribution in [3.63, 3.8) is 0 Å². The molecule has 4 rings (SSSR count). The minimum atomic E-state index is -1.05. The molecule has 40 heavy (non-hydrogen) atoms. The van der Waals surface area contributed by atoms with E-state index >= 15 is 0 Å². The van der Waals surface area contributed by atoms with Crippen molar-refractivity contribution in [2.75, 3.05) is 6.54 Å². The van der Waals surface area contributed by atoms with Gasteiger partial charge in [-0.2, -0.15) is 0 Å². The molecule has 0 unspecified atom stereocenters. The number of hydrogen-bond donors (Lipinski definition) is 3. The van der Waals surface area contributed by atoms with E-state index in [0.29, 0.717) is 32.2 Å². The first-order valence-electron chi connectivity index (χ1n) is 14.6. The van der Waals surface area contributed by atoms with E-state index in [1.165, 1.54) is 4.90 Å². The molecule has 9 nitrogen and oxygen atoms in total. The molecule has 4 amide bonds. The Hall–Kier alpha value is -3.36. The SMILES string of the molecule is C[C@H](NC(=O)[C@@]12C[C@H]1C=CCCCCC[C@H](OC(=O)NC(C)(C)C)C(=O)N1CCC[C@H]1C(=O)N2)c1ccccc1. The summed E-state index contributed by atoms with van der Waals surface area (Å²) in [4.78, 5) is 55.1. The molecule has 5 atom stereocenters. The standard InChI is InChI=1S/C31H44N4O5/c1-21(22-14-9-8-10-15-22)32-28(38)31-20-23(31)16-11-6-5-7-12-18-25(40-29(39)34-30(2,3)4)27(37)35-19-13-17-24(35)26(36)33-31/h8-11,14-16,21,23-25H,5-7,12-13,17-20H2,1-4H3,(H,32,38)(H,33,36)(H,34,39)/t21-,23+,24-,25-,31+/m0/s1. The Balaban J connectivity index is 1.53. The summed E-state index contributed by atoms with van der Waals surface area (Å²) in [6.45, 7) is 7.87. The maximum Gasteiger partial charge on any atom is 0.408 e. The summed E-state index contributed by atoms with van der Waals surface area (Å²) in [5.41, 5.74) is -0.565. The van der Waals surface area contributed by atoms with Crippen LogP contribution in [0.5, 0.6) is 0 Å². The Morgan fingerprint density at radius 1 is 1.07 bits per heavy atom. The smallest absolute Gasteiger partial charge is 0.408 e. The number of amides is 4. The highest BCUT2D eigenvalue weighted by Crippen LogP contribution is 2.46. The van der Waals surface area contributed by atoms with Gasteiger partial charge in [-0.1, -0.05) is 48.9 Å². The van der Waals surface area contributed by atoms with Crippen molar-refractivity contribution in [1.82, 2.24) is 20.9 Å². The molecule has 1 saturated heterocycles. The van der Waals surface area contributed by atoms with Crippen LogP contribution in [0, 0.1) is 5.92 Å². The lowest BCUT2D eigenvalue weighted by molar-refractivity contribution is -0.146. The highest BCUT2D eigenvalue weighted by molar-refractivity contribution is 5.98. The molecule has 0 radical (unpaired) electrons. The third-order valence-corrected chi connectivity index (χ3v) is 7.96.